The van der Waals surface area contributed by atoms with Crippen LogP contribution in [0.3, 0.4) is 0 Å². The molecule has 0 aromatic rings. The molecule has 98 valence electrons. The molecule has 5 nitrogen and oxygen atoms in total. The number of alkyl halides is 3. The second-order valence-corrected chi connectivity index (χ2v) is 4.24. The van der Waals surface area contributed by atoms with Crippen LogP contribution < -0.4 is 10.6 Å². The number of urea groups is 1. The monoisotopic (exact) mass is 253 g/mol. The van der Waals surface area contributed by atoms with E-state index in [9.17, 15) is 22.8 Å². The molecule has 0 radical (unpaired) electrons. The van der Waals surface area contributed by atoms with Gasteiger partial charge in [0.15, 0.2) is 0 Å². The van der Waals surface area contributed by atoms with Crippen molar-refractivity contribution in [2.24, 2.45) is 0 Å². The van der Waals surface area contributed by atoms with Crippen molar-refractivity contribution in [2.75, 3.05) is 19.6 Å². The van der Waals surface area contributed by atoms with Crippen LogP contribution in [0.15, 0.2) is 0 Å². The minimum Gasteiger partial charge on any atom is -0.352 e. The van der Waals surface area contributed by atoms with E-state index in [-0.39, 0.29) is 19.0 Å². The molecule has 0 spiro atoms. The molecule has 0 aliphatic carbocycles. The Kier molecular flexibility index (Phi) is 3.53. The van der Waals surface area contributed by atoms with Crippen molar-refractivity contribution in [2.45, 2.75) is 25.6 Å². The second-order valence-electron chi connectivity index (χ2n) is 4.24. The summed E-state index contributed by atoms with van der Waals surface area (Å²) in [4.78, 5) is 24.1. The van der Waals surface area contributed by atoms with Gasteiger partial charge in [-0.2, -0.15) is 13.2 Å². The van der Waals surface area contributed by atoms with E-state index in [1.165, 1.54) is 13.8 Å². The van der Waals surface area contributed by atoms with Gasteiger partial charge in [0.05, 0.1) is 0 Å². The topological polar surface area (TPSA) is 61.4 Å². The van der Waals surface area contributed by atoms with Gasteiger partial charge in [0.2, 0.25) is 5.91 Å². The van der Waals surface area contributed by atoms with E-state index < -0.39 is 24.3 Å². The number of rotatable bonds is 1. The molecule has 8 heteroatoms. The van der Waals surface area contributed by atoms with Crippen molar-refractivity contribution in [3.05, 3.63) is 0 Å². The van der Waals surface area contributed by atoms with Crippen LogP contribution in [0.2, 0.25) is 0 Å². The van der Waals surface area contributed by atoms with Gasteiger partial charge in [-0.25, -0.2) is 4.79 Å². The highest BCUT2D eigenvalue weighted by Gasteiger charge is 2.41. The lowest BCUT2D eigenvalue weighted by Gasteiger charge is -2.40. The predicted molar refractivity (Wildman–Crippen MR) is 53.2 cm³/mol. The van der Waals surface area contributed by atoms with Gasteiger partial charge in [-0.3, -0.25) is 4.79 Å². The first-order valence-electron chi connectivity index (χ1n) is 5.05. The normalized spacial score (nSPS) is 19.8. The van der Waals surface area contributed by atoms with E-state index in [0.29, 0.717) is 0 Å². The highest BCUT2D eigenvalue weighted by molar-refractivity contribution is 5.91. The van der Waals surface area contributed by atoms with Crippen LogP contribution in [0, 0.1) is 0 Å². The highest BCUT2D eigenvalue weighted by Crippen LogP contribution is 2.18. The lowest BCUT2D eigenvalue weighted by molar-refractivity contribution is -0.133. The standard InChI is InChI=1S/C9H14F3N3O2/c1-8(2)6(16)13-3-4-15(8)7(17)14-5-9(10,11)12/h3-5H2,1-2H3,(H,13,16)(H,14,17). The summed E-state index contributed by atoms with van der Waals surface area (Å²) in [6.07, 6.45) is -4.46. The lowest BCUT2D eigenvalue weighted by Crippen LogP contribution is -2.65. The maximum absolute atomic E-state index is 11.9. The van der Waals surface area contributed by atoms with Gasteiger partial charge in [-0.05, 0) is 13.8 Å². The van der Waals surface area contributed by atoms with Gasteiger partial charge in [0.25, 0.3) is 0 Å². The number of nitrogens with one attached hydrogen (secondary N) is 2. The average Bonchev–Trinajstić information content (AvgIpc) is 2.17. The number of halogens is 3. The molecule has 3 amide bonds. The number of carbonyl (C=O) groups excluding carboxylic acids is 2. The third kappa shape index (κ3) is 3.24. The molecule has 0 saturated carbocycles. The average molecular weight is 253 g/mol. The van der Waals surface area contributed by atoms with Crippen molar-refractivity contribution in [3.8, 4) is 0 Å². The minimum atomic E-state index is -4.46. The third-order valence-corrected chi connectivity index (χ3v) is 2.54. The Balaban J connectivity index is 2.65. The van der Waals surface area contributed by atoms with E-state index in [2.05, 4.69) is 5.32 Å². The summed E-state index contributed by atoms with van der Waals surface area (Å²) in [5.41, 5.74) is -1.14. The Morgan fingerprint density at radius 3 is 2.65 bits per heavy atom. The first-order chi connectivity index (χ1) is 7.64. The van der Waals surface area contributed by atoms with Gasteiger partial charge in [0, 0.05) is 13.1 Å². The number of hydrogen-bond donors (Lipinski definition) is 2. The van der Waals surface area contributed by atoms with E-state index in [1.807, 2.05) is 0 Å². The molecule has 0 unspecified atom stereocenters. The molecule has 17 heavy (non-hydrogen) atoms. The zero-order valence-corrected chi connectivity index (χ0v) is 9.52. The summed E-state index contributed by atoms with van der Waals surface area (Å²) in [6.45, 7) is 1.98. The first-order valence-corrected chi connectivity index (χ1v) is 5.05. The molecular weight excluding hydrogens is 239 g/mol. The number of carbonyl (C=O) groups is 2. The fourth-order valence-electron chi connectivity index (χ4n) is 1.53. The quantitative estimate of drug-likeness (QED) is 0.713. The fourth-order valence-corrected chi connectivity index (χ4v) is 1.53. The van der Waals surface area contributed by atoms with E-state index in [0.717, 1.165) is 4.90 Å². The zero-order chi connectivity index (χ0) is 13.3. The lowest BCUT2D eigenvalue weighted by atomic mass is 9.99. The molecule has 1 rings (SSSR count). The van der Waals surface area contributed by atoms with E-state index in [4.69, 9.17) is 0 Å². The molecular formula is C9H14F3N3O2. The largest absolute Gasteiger partial charge is 0.405 e. The van der Waals surface area contributed by atoms with Crippen molar-refractivity contribution >= 4 is 11.9 Å². The van der Waals surface area contributed by atoms with Crippen molar-refractivity contribution < 1.29 is 22.8 Å². The molecule has 0 aromatic carbocycles. The van der Waals surface area contributed by atoms with Crippen molar-refractivity contribution in [1.82, 2.24) is 15.5 Å². The van der Waals surface area contributed by atoms with Crippen LogP contribution in [0.25, 0.3) is 0 Å². The minimum absolute atomic E-state index is 0.183. The van der Waals surface area contributed by atoms with Gasteiger partial charge in [-0.15, -0.1) is 0 Å². The van der Waals surface area contributed by atoms with Crippen LogP contribution in [0.1, 0.15) is 13.8 Å². The summed E-state index contributed by atoms with van der Waals surface area (Å²) in [5, 5.41) is 4.30. The van der Waals surface area contributed by atoms with Gasteiger partial charge in [-0.1, -0.05) is 0 Å². The Bertz CT molecular complexity index is 328. The van der Waals surface area contributed by atoms with Crippen LogP contribution >= 0.6 is 0 Å². The summed E-state index contributed by atoms with van der Waals surface area (Å²) >= 11 is 0. The van der Waals surface area contributed by atoms with Crippen molar-refractivity contribution in [3.63, 3.8) is 0 Å². The van der Waals surface area contributed by atoms with Gasteiger partial charge in [0.1, 0.15) is 12.1 Å². The molecule has 1 heterocycles. The summed E-state index contributed by atoms with van der Waals surface area (Å²) < 4.78 is 35.8. The number of piperazine rings is 1. The summed E-state index contributed by atoms with van der Waals surface area (Å²) in [6, 6.07) is -0.887. The first kappa shape index (κ1) is 13.6. The Morgan fingerprint density at radius 2 is 2.12 bits per heavy atom. The molecule has 2 N–H and O–H groups in total. The van der Waals surface area contributed by atoms with E-state index >= 15 is 0 Å². The Morgan fingerprint density at radius 1 is 1.53 bits per heavy atom. The van der Waals surface area contributed by atoms with Gasteiger partial charge < -0.3 is 15.5 Å². The van der Waals surface area contributed by atoms with Crippen LogP contribution in [0.5, 0.6) is 0 Å². The molecule has 0 bridgehead atoms. The number of amides is 3. The molecule has 0 atom stereocenters. The molecule has 1 fully saturated rings. The maximum Gasteiger partial charge on any atom is 0.405 e. The SMILES string of the molecule is CC1(C)C(=O)NCCN1C(=O)NCC(F)(F)F. The number of hydrogen-bond acceptors (Lipinski definition) is 2. The Labute approximate surface area is 96.3 Å². The number of nitrogens with zero attached hydrogens (tertiary/aromatic N) is 1. The third-order valence-electron chi connectivity index (χ3n) is 2.54. The molecule has 1 aliphatic heterocycles. The summed E-state index contributed by atoms with van der Waals surface area (Å²) in [5.74, 6) is -0.383. The molecule has 0 aromatic heterocycles. The van der Waals surface area contributed by atoms with E-state index in [1.54, 1.807) is 5.32 Å². The Hall–Kier alpha value is -1.47. The molecule has 1 saturated heterocycles. The van der Waals surface area contributed by atoms with Gasteiger partial charge >= 0.3 is 12.2 Å². The van der Waals surface area contributed by atoms with Crippen LogP contribution in [0.4, 0.5) is 18.0 Å². The predicted octanol–water partition coefficient (Wildman–Crippen LogP) is 0.469. The van der Waals surface area contributed by atoms with Crippen LogP contribution in [-0.2, 0) is 4.79 Å². The van der Waals surface area contributed by atoms with Crippen molar-refractivity contribution in [1.29, 1.82) is 0 Å². The molecule has 1 aliphatic rings. The second kappa shape index (κ2) is 4.42. The fraction of sp³-hybridized carbons (Fsp3) is 0.778. The smallest absolute Gasteiger partial charge is 0.352 e. The summed E-state index contributed by atoms with van der Waals surface area (Å²) in [7, 11) is 0. The van der Waals surface area contributed by atoms with Crippen LogP contribution in [-0.4, -0.2) is 48.2 Å². The zero-order valence-electron chi connectivity index (χ0n) is 9.52. The highest BCUT2D eigenvalue weighted by atomic mass is 19.4. The maximum atomic E-state index is 11.9.